The summed E-state index contributed by atoms with van der Waals surface area (Å²) >= 11 is 0. The Morgan fingerprint density at radius 3 is 2.79 bits per heavy atom. The third kappa shape index (κ3) is 2.12. The Morgan fingerprint density at radius 1 is 1.57 bits per heavy atom. The number of hydrogen-bond donors (Lipinski definition) is 1. The quantitative estimate of drug-likeness (QED) is 0.591. The fourth-order valence-corrected chi connectivity index (χ4v) is 1.13. The van der Waals surface area contributed by atoms with E-state index < -0.39 is 4.92 Å². The van der Waals surface area contributed by atoms with Crippen LogP contribution in [0.4, 0.5) is 11.4 Å². The highest BCUT2D eigenvalue weighted by Crippen LogP contribution is 2.28. The molecule has 1 aromatic carbocycles. The first kappa shape index (κ1) is 10.3. The van der Waals surface area contributed by atoms with Gasteiger partial charge in [0.25, 0.3) is 5.69 Å². The third-order valence-electron chi connectivity index (χ3n) is 1.76. The zero-order valence-electron chi connectivity index (χ0n) is 8.11. The van der Waals surface area contributed by atoms with Crippen molar-refractivity contribution in [1.29, 1.82) is 0 Å². The van der Waals surface area contributed by atoms with E-state index >= 15 is 0 Å². The van der Waals surface area contributed by atoms with Gasteiger partial charge in [0.2, 0.25) is 0 Å². The average molecular weight is 196 g/mol. The smallest absolute Gasteiger partial charge is 0.273 e. The molecule has 0 amide bonds. The van der Waals surface area contributed by atoms with Crippen molar-refractivity contribution in [1.82, 2.24) is 0 Å². The van der Waals surface area contributed by atoms with E-state index in [0.717, 1.165) is 12.2 Å². The first-order valence-corrected chi connectivity index (χ1v) is 4.25. The minimum Gasteiger partial charge on any atom is -0.494 e. The fraction of sp³-hybridized carbons (Fsp3) is 0.333. The number of rotatable bonds is 4. The molecule has 0 aliphatic carbocycles. The summed E-state index contributed by atoms with van der Waals surface area (Å²) in [5, 5.41) is 13.5. The maximum atomic E-state index is 10.5. The molecule has 1 rings (SSSR count). The molecule has 1 aromatic rings. The lowest BCUT2D eigenvalue weighted by atomic mass is 10.2. The normalized spacial score (nSPS) is 9.57. The lowest BCUT2D eigenvalue weighted by molar-refractivity contribution is -0.384. The van der Waals surface area contributed by atoms with Gasteiger partial charge in [-0.3, -0.25) is 10.1 Å². The number of non-ortho nitro benzene ring substituents is 1. The van der Waals surface area contributed by atoms with E-state index in [1.54, 1.807) is 6.07 Å². The number of benzene rings is 1. The van der Waals surface area contributed by atoms with Crippen molar-refractivity contribution in [3.63, 3.8) is 0 Å². The van der Waals surface area contributed by atoms with Crippen LogP contribution >= 0.6 is 0 Å². The molecular weight excluding hydrogens is 184 g/mol. The molecule has 0 radical (unpaired) electrons. The number of ether oxygens (including phenoxy) is 1. The number of nitrogens with zero attached hydrogens (tertiary/aromatic N) is 1. The molecule has 0 spiro atoms. The second-order valence-corrected chi connectivity index (χ2v) is 2.67. The molecule has 0 unspecified atom stereocenters. The first-order valence-electron chi connectivity index (χ1n) is 4.25. The highest BCUT2D eigenvalue weighted by atomic mass is 16.6. The summed E-state index contributed by atoms with van der Waals surface area (Å²) in [6.45, 7) is 2.69. The standard InChI is InChI=1S/C9H12N2O3/c1-3-10-8-5-4-7(11(12)13)6-9(8)14-2/h4-6,10H,3H2,1-2H3. The first-order chi connectivity index (χ1) is 6.69. The molecule has 0 bridgehead atoms. The lowest BCUT2D eigenvalue weighted by Crippen LogP contribution is -2.00. The summed E-state index contributed by atoms with van der Waals surface area (Å²) < 4.78 is 5.02. The van der Waals surface area contributed by atoms with Gasteiger partial charge in [0, 0.05) is 12.6 Å². The van der Waals surface area contributed by atoms with Crippen molar-refractivity contribution in [2.45, 2.75) is 6.92 Å². The molecule has 0 fully saturated rings. The summed E-state index contributed by atoms with van der Waals surface area (Å²) in [6.07, 6.45) is 0. The van der Waals surface area contributed by atoms with Crippen molar-refractivity contribution in [3.8, 4) is 5.75 Å². The monoisotopic (exact) mass is 196 g/mol. The van der Waals surface area contributed by atoms with E-state index in [9.17, 15) is 10.1 Å². The van der Waals surface area contributed by atoms with Crippen LogP contribution in [0.1, 0.15) is 6.92 Å². The number of nitro benzene ring substituents is 1. The predicted octanol–water partition coefficient (Wildman–Crippen LogP) is 2.04. The van der Waals surface area contributed by atoms with Gasteiger partial charge in [-0.15, -0.1) is 0 Å². The maximum absolute atomic E-state index is 10.5. The molecule has 5 nitrogen and oxygen atoms in total. The van der Waals surface area contributed by atoms with Crippen molar-refractivity contribution in [2.75, 3.05) is 19.0 Å². The van der Waals surface area contributed by atoms with Crippen LogP contribution in [-0.2, 0) is 0 Å². The van der Waals surface area contributed by atoms with E-state index in [0.29, 0.717) is 5.75 Å². The Kier molecular flexibility index (Phi) is 3.28. The average Bonchev–Trinajstić information content (AvgIpc) is 2.18. The van der Waals surface area contributed by atoms with Crippen LogP contribution in [0, 0.1) is 10.1 Å². The topological polar surface area (TPSA) is 64.4 Å². The summed E-state index contributed by atoms with van der Waals surface area (Å²) in [6, 6.07) is 4.49. The van der Waals surface area contributed by atoms with E-state index in [1.807, 2.05) is 6.92 Å². The number of nitro groups is 1. The van der Waals surface area contributed by atoms with Crippen LogP contribution in [0.2, 0.25) is 0 Å². The van der Waals surface area contributed by atoms with Gasteiger partial charge in [0.05, 0.1) is 23.8 Å². The highest BCUT2D eigenvalue weighted by Gasteiger charge is 2.10. The van der Waals surface area contributed by atoms with Gasteiger partial charge in [-0.2, -0.15) is 0 Å². The number of hydrogen-bond acceptors (Lipinski definition) is 4. The van der Waals surface area contributed by atoms with Crippen LogP contribution < -0.4 is 10.1 Å². The van der Waals surface area contributed by atoms with Crippen LogP contribution in [0.5, 0.6) is 5.75 Å². The highest BCUT2D eigenvalue weighted by molar-refractivity contribution is 5.60. The SMILES string of the molecule is CCNc1ccc([N+](=O)[O-])cc1OC. The Hall–Kier alpha value is -1.78. The third-order valence-corrected chi connectivity index (χ3v) is 1.76. The van der Waals surface area contributed by atoms with E-state index in [-0.39, 0.29) is 5.69 Å². The molecule has 0 heterocycles. The minimum absolute atomic E-state index is 0.0310. The van der Waals surface area contributed by atoms with Gasteiger partial charge in [-0.05, 0) is 13.0 Å². The van der Waals surface area contributed by atoms with Crippen LogP contribution in [0.3, 0.4) is 0 Å². The summed E-state index contributed by atoms with van der Waals surface area (Å²) in [5.74, 6) is 0.487. The number of nitrogens with one attached hydrogen (secondary N) is 1. The maximum Gasteiger partial charge on any atom is 0.273 e. The van der Waals surface area contributed by atoms with E-state index in [2.05, 4.69) is 5.32 Å². The van der Waals surface area contributed by atoms with E-state index in [4.69, 9.17) is 4.74 Å². The molecule has 14 heavy (non-hydrogen) atoms. The largest absolute Gasteiger partial charge is 0.494 e. The zero-order chi connectivity index (χ0) is 10.6. The Bertz CT molecular complexity index is 339. The van der Waals surface area contributed by atoms with Gasteiger partial charge in [0.1, 0.15) is 5.75 Å². The molecular formula is C9H12N2O3. The number of anilines is 1. The van der Waals surface area contributed by atoms with Crippen LogP contribution in [-0.4, -0.2) is 18.6 Å². The second kappa shape index (κ2) is 4.45. The fourth-order valence-electron chi connectivity index (χ4n) is 1.13. The molecule has 0 aliphatic rings. The van der Waals surface area contributed by atoms with Crippen LogP contribution in [0.15, 0.2) is 18.2 Å². The molecule has 0 aromatic heterocycles. The lowest BCUT2D eigenvalue weighted by Gasteiger charge is -2.08. The molecule has 0 aliphatic heterocycles. The Labute approximate surface area is 81.8 Å². The molecule has 0 saturated carbocycles. The summed E-state index contributed by atoms with van der Waals surface area (Å²) in [4.78, 5) is 10.0. The van der Waals surface area contributed by atoms with E-state index in [1.165, 1.54) is 19.2 Å². The zero-order valence-corrected chi connectivity index (χ0v) is 8.11. The molecule has 5 heteroatoms. The van der Waals surface area contributed by atoms with Crippen molar-refractivity contribution in [3.05, 3.63) is 28.3 Å². The Balaban J connectivity index is 3.04. The summed E-state index contributed by atoms with van der Waals surface area (Å²) in [5.41, 5.74) is 0.795. The number of methoxy groups -OCH3 is 1. The summed E-state index contributed by atoms with van der Waals surface area (Å²) in [7, 11) is 1.49. The molecule has 0 atom stereocenters. The van der Waals surface area contributed by atoms with Crippen molar-refractivity contribution in [2.24, 2.45) is 0 Å². The Morgan fingerprint density at radius 2 is 2.29 bits per heavy atom. The van der Waals surface area contributed by atoms with Crippen molar-refractivity contribution < 1.29 is 9.66 Å². The van der Waals surface area contributed by atoms with Gasteiger partial charge >= 0.3 is 0 Å². The van der Waals surface area contributed by atoms with Gasteiger partial charge < -0.3 is 10.1 Å². The molecule has 0 saturated heterocycles. The molecule has 1 N–H and O–H groups in total. The van der Waals surface area contributed by atoms with Crippen LogP contribution in [0.25, 0.3) is 0 Å². The van der Waals surface area contributed by atoms with Crippen molar-refractivity contribution >= 4 is 11.4 Å². The predicted molar refractivity (Wildman–Crippen MR) is 53.8 cm³/mol. The van der Waals surface area contributed by atoms with Gasteiger partial charge in [-0.1, -0.05) is 0 Å². The minimum atomic E-state index is -0.446. The van der Waals surface area contributed by atoms with Gasteiger partial charge in [-0.25, -0.2) is 0 Å². The van der Waals surface area contributed by atoms with Gasteiger partial charge in [0.15, 0.2) is 0 Å². The molecule has 76 valence electrons. The second-order valence-electron chi connectivity index (χ2n) is 2.67.